The van der Waals surface area contributed by atoms with Crippen molar-refractivity contribution in [2.45, 2.75) is 62.7 Å². The molecule has 264 valence electrons. The van der Waals surface area contributed by atoms with Crippen molar-refractivity contribution in [1.82, 2.24) is 20.9 Å². The molecule has 0 spiro atoms. The van der Waals surface area contributed by atoms with Gasteiger partial charge >= 0.3 is 0 Å². The van der Waals surface area contributed by atoms with Crippen LogP contribution in [0.4, 0.5) is 5.69 Å². The molecule has 4 atom stereocenters. The summed E-state index contributed by atoms with van der Waals surface area (Å²) in [6.07, 6.45) is 1.39. The van der Waals surface area contributed by atoms with Gasteiger partial charge in [0.2, 0.25) is 29.5 Å². The molecular weight excluding hydrogens is 640 g/mol. The van der Waals surface area contributed by atoms with Gasteiger partial charge in [-0.15, -0.1) is 0 Å². The van der Waals surface area contributed by atoms with E-state index in [1.165, 1.54) is 41.3 Å². The minimum atomic E-state index is -1.11. The monoisotopic (exact) mass is 682 g/mol. The molecule has 1 fully saturated rings. The number of hydrogen-bond donors (Lipinski definition) is 8. The Labute approximate surface area is 281 Å². The van der Waals surface area contributed by atoms with E-state index in [4.69, 9.17) is 22.9 Å². The Morgan fingerprint density at radius 1 is 0.959 bits per heavy atom. The number of carbonyl (C=O) groups excluding carboxylic acids is 5. The fourth-order valence-electron chi connectivity index (χ4n) is 5.20. The Bertz CT molecular complexity index is 1530. The SMILES string of the molecule is NC(N)=NCCC[C@H](NC(=O)[C@H](N)Cc1ccc(O)cc1)C(=O)NCC(=O)NC(=O)[C@@H]1CCCN1C(=O)[C@@H](N)Cc1ccc([N+](=O)[O-])cc1. The van der Waals surface area contributed by atoms with Crippen molar-refractivity contribution < 1.29 is 34.0 Å². The van der Waals surface area contributed by atoms with E-state index < -0.39 is 65.2 Å². The van der Waals surface area contributed by atoms with Crippen LogP contribution in [0.1, 0.15) is 36.8 Å². The number of rotatable bonds is 16. The van der Waals surface area contributed by atoms with Crippen LogP contribution in [0.15, 0.2) is 53.5 Å². The zero-order chi connectivity index (χ0) is 36.1. The van der Waals surface area contributed by atoms with Crippen LogP contribution in [0.3, 0.4) is 0 Å². The number of carbonyl (C=O) groups is 5. The lowest BCUT2D eigenvalue weighted by atomic mass is 10.0. The Hall–Kier alpha value is -5.62. The van der Waals surface area contributed by atoms with E-state index >= 15 is 0 Å². The van der Waals surface area contributed by atoms with Gasteiger partial charge in [-0.05, 0) is 61.8 Å². The predicted molar refractivity (Wildman–Crippen MR) is 177 cm³/mol. The summed E-state index contributed by atoms with van der Waals surface area (Å²) in [6.45, 7) is -0.193. The van der Waals surface area contributed by atoms with Gasteiger partial charge in [-0.2, -0.15) is 0 Å². The fourth-order valence-corrected chi connectivity index (χ4v) is 5.20. The van der Waals surface area contributed by atoms with Crippen molar-refractivity contribution in [1.29, 1.82) is 0 Å². The number of non-ortho nitro benzene ring substituents is 1. The van der Waals surface area contributed by atoms with E-state index in [1.54, 1.807) is 12.1 Å². The van der Waals surface area contributed by atoms with E-state index in [2.05, 4.69) is 20.9 Å². The summed E-state index contributed by atoms with van der Waals surface area (Å²) in [5, 5.41) is 27.5. The molecule has 49 heavy (non-hydrogen) atoms. The topological polar surface area (TPSA) is 304 Å². The summed E-state index contributed by atoms with van der Waals surface area (Å²) in [5.41, 5.74) is 24.1. The second kappa shape index (κ2) is 18.1. The van der Waals surface area contributed by atoms with Crippen molar-refractivity contribution in [3.8, 4) is 5.75 Å². The maximum Gasteiger partial charge on any atom is 0.269 e. The van der Waals surface area contributed by atoms with Gasteiger partial charge in [-0.25, -0.2) is 0 Å². The van der Waals surface area contributed by atoms with Crippen molar-refractivity contribution in [3.05, 3.63) is 69.8 Å². The van der Waals surface area contributed by atoms with Crippen LogP contribution in [-0.2, 0) is 36.8 Å². The van der Waals surface area contributed by atoms with Gasteiger partial charge in [0.15, 0.2) is 5.96 Å². The van der Waals surface area contributed by atoms with Crippen molar-refractivity contribution >= 4 is 41.2 Å². The number of guanidine groups is 1. The predicted octanol–water partition coefficient (Wildman–Crippen LogP) is -1.97. The van der Waals surface area contributed by atoms with Crippen LogP contribution >= 0.6 is 0 Å². The second-order valence-electron chi connectivity index (χ2n) is 11.5. The molecule has 0 saturated carbocycles. The highest BCUT2D eigenvalue weighted by Crippen LogP contribution is 2.20. The average molecular weight is 683 g/mol. The third-order valence-electron chi connectivity index (χ3n) is 7.75. The number of nitrogens with two attached hydrogens (primary N) is 4. The lowest BCUT2D eigenvalue weighted by molar-refractivity contribution is -0.384. The Morgan fingerprint density at radius 3 is 2.18 bits per heavy atom. The van der Waals surface area contributed by atoms with Crippen molar-refractivity contribution in [2.75, 3.05) is 19.6 Å². The van der Waals surface area contributed by atoms with Crippen LogP contribution in [-0.4, -0.2) is 94.2 Å². The molecule has 12 N–H and O–H groups in total. The van der Waals surface area contributed by atoms with Gasteiger partial charge in [0.05, 0.1) is 23.6 Å². The molecule has 1 heterocycles. The maximum atomic E-state index is 13.1. The van der Waals surface area contributed by atoms with Crippen LogP contribution in [0.2, 0.25) is 0 Å². The third kappa shape index (κ3) is 11.8. The summed E-state index contributed by atoms with van der Waals surface area (Å²) in [5.74, 6) is -3.53. The number of nitrogens with one attached hydrogen (secondary N) is 3. The molecule has 1 aliphatic heterocycles. The molecule has 5 amide bonds. The highest BCUT2D eigenvalue weighted by Gasteiger charge is 2.37. The number of aliphatic imine (C=N–C) groups is 1. The van der Waals surface area contributed by atoms with Gasteiger partial charge < -0.3 is 43.6 Å². The number of imide groups is 1. The first-order valence-corrected chi connectivity index (χ1v) is 15.5. The zero-order valence-electron chi connectivity index (χ0n) is 26.7. The lowest BCUT2D eigenvalue weighted by Gasteiger charge is -2.26. The van der Waals surface area contributed by atoms with E-state index in [0.29, 0.717) is 24.0 Å². The number of nitro benzene ring substituents is 1. The minimum Gasteiger partial charge on any atom is -0.508 e. The summed E-state index contributed by atoms with van der Waals surface area (Å²) >= 11 is 0. The number of nitro groups is 1. The fraction of sp³-hybridized carbons (Fsp3) is 0.419. The number of nitrogens with zero attached hydrogens (tertiary/aromatic N) is 3. The van der Waals surface area contributed by atoms with Crippen molar-refractivity contribution in [2.24, 2.45) is 27.9 Å². The lowest BCUT2D eigenvalue weighted by Crippen LogP contribution is -2.55. The van der Waals surface area contributed by atoms with Crippen LogP contribution < -0.4 is 38.9 Å². The second-order valence-corrected chi connectivity index (χ2v) is 11.5. The van der Waals surface area contributed by atoms with Gasteiger partial charge in [0, 0.05) is 25.2 Å². The first kappa shape index (κ1) is 37.8. The molecule has 0 unspecified atom stereocenters. The molecule has 2 aromatic carbocycles. The summed E-state index contributed by atoms with van der Waals surface area (Å²) in [7, 11) is 0. The molecule has 1 aliphatic rings. The van der Waals surface area contributed by atoms with Gasteiger partial charge in [0.1, 0.15) is 17.8 Å². The van der Waals surface area contributed by atoms with Crippen LogP contribution in [0.5, 0.6) is 5.75 Å². The molecule has 3 rings (SSSR count). The molecule has 1 saturated heterocycles. The third-order valence-corrected chi connectivity index (χ3v) is 7.75. The normalized spacial score (nSPS) is 15.7. The largest absolute Gasteiger partial charge is 0.508 e. The van der Waals surface area contributed by atoms with Crippen molar-refractivity contribution in [3.63, 3.8) is 0 Å². The average Bonchev–Trinajstić information content (AvgIpc) is 3.56. The molecule has 0 radical (unpaired) electrons. The zero-order valence-corrected chi connectivity index (χ0v) is 26.7. The Kier molecular flexibility index (Phi) is 13.9. The maximum absolute atomic E-state index is 13.1. The van der Waals surface area contributed by atoms with E-state index in [0.717, 1.165) is 0 Å². The first-order chi connectivity index (χ1) is 23.2. The summed E-state index contributed by atoms with van der Waals surface area (Å²) in [6, 6.07) is 7.60. The molecule has 18 heteroatoms. The molecule has 0 bridgehead atoms. The summed E-state index contributed by atoms with van der Waals surface area (Å²) in [4.78, 5) is 80.2. The number of phenolic OH excluding ortho intramolecular Hbond substituents is 1. The number of likely N-dealkylation sites (tertiary alicyclic amines) is 1. The number of amides is 5. The number of phenols is 1. The molecule has 18 nitrogen and oxygen atoms in total. The quantitative estimate of drug-likeness (QED) is 0.0314. The highest BCUT2D eigenvalue weighted by atomic mass is 16.6. The Balaban J connectivity index is 1.54. The van der Waals surface area contributed by atoms with Crippen LogP contribution in [0.25, 0.3) is 0 Å². The van der Waals surface area contributed by atoms with Crippen LogP contribution in [0, 0.1) is 10.1 Å². The van der Waals surface area contributed by atoms with Gasteiger partial charge in [-0.1, -0.05) is 24.3 Å². The first-order valence-electron chi connectivity index (χ1n) is 15.5. The molecule has 2 aromatic rings. The standard InChI is InChI=1S/C31H42N10O8/c32-22(15-19-7-11-21(42)12-8-19)27(44)38-24(3-1-13-36-31(34)35)28(45)37-17-26(43)39-29(46)25-4-2-14-40(25)30(47)23(33)16-18-5-9-20(10-6-18)41(48)49/h5-12,22-25,42H,1-4,13-17,32-33H2,(H,37,45)(H,38,44)(H4,34,35,36)(H,39,43,46)/t22-,23+,24+,25+/m1/s1. The smallest absolute Gasteiger partial charge is 0.269 e. The van der Waals surface area contributed by atoms with E-state index in [-0.39, 0.29) is 56.2 Å². The van der Waals surface area contributed by atoms with Gasteiger partial charge in [0.25, 0.3) is 5.69 Å². The molecule has 0 aromatic heterocycles. The minimum absolute atomic E-state index is 0.0557. The summed E-state index contributed by atoms with van der Waals surface area (Å²) < 4.78 is 0. The van der Waals surface area contributed by atoms with Gasteiger partial charge in [-0.3, -0.25) is 44.4 Å². The van der Waals surface area contributed by atoms with E-state index in [9.17, 15) is 39.2 Å². The number of benzene rings is 2. The number of aromatic hydroxyl groups is 1. The highest BCUT2D eigenvalue weighted by molar-refractivity contribution is 6.01. The number of hydrogen-bond acceptors (Lipinski definition) is 11. The Morgan fingerprint density at radius 2 is 1.57 bits per heavy atom. The van der Waals surface area contributed by atoms with E-state index in [1.807, 2.05) is 0 Å². The molecule has 0 aliphatic carbocycles. The molecular formula is C31H42N10O8.